The summed E-state index contributed by atoms with van der Waals surface area (Å²) in [6.07, 6.45) is 12.6. The van der Waals surface area contributed by atoms with Crippen LogP contribution in [0.1, 0.15) is 25.7 Å². The van der Waals surface area contributed by atoms with Crippen LogP contribution >= 0.6 is 0 Å². The van der Waals surface area contributed by atoms with Crippen molar-refractivity contribution in [1.29, 1.82) is 5.26 Å². The van der Waals surface area contributed by atoms with E-state index in [4.69, 9.17) is 5.26 Å². The first-order valence-electron chi connectivity index (χ1n) is 6.55. The van der Waals surface area contributed by atoms with Gasteiger partial charge in [-0.1, -0.05) is 18.6 Å². The highest BCUT2D eigenvalue weighted by atomic mass is 14.9. The maximum Gasteiger partial charge on any atom is 0.101 e. The van der Waals surface area contributed by atoms with Crippen molar-refractivity contribution in [3.8, 4) is 6.07 Å². The maximum absolute atomic E-state index is 9.06. The second-order valence-electron chi connectivity index (χ2n) is 4.95. The van der Waals surface area contributed by atoms with Gasteiger partial charge in [0.1, 0.15) is 6.07 Å². The van der Waals surface area contributed by atoms with Crippen LogP contribution in [-0.4, -0.2) is 18.3 Å². The molecule has 1 fully saturated rings. The molecular weight excluding hydrogens is 222 g/mol. The van der Waals surface area contributed by atoms with Gasteiger partial charge in [0.25, 0.3) is 0 Å². The van der Waals surface area contributed by atoms with Crippen LogP contribution in [0, 0.1) is 17.8 Å². The Morgan fingerprint density at radius 1 is 1.39 bits per heavy atom. The van der Waals surface area contributed by atoms with Gasteiger partial charge in [0.15, 0.2) is 0 Å². The molecule has 2 aliphatic heterocycles. The van der Waals surface area contributed by atoms with Crippen molar-refractivity contribution in [2.75, 3.05) is 6.54 Å². The second-order valence-corrected chi connectivity index (χ2v) is 4.95. The minimum atomic E-state index is 0.567. The number of hydrogen-bond acceptors (Lipinski definition) is 3. The van der Waals surface area contributed by atoms with Crippen molar-refractivity contribution in [3.63, 3.8) is 0 Å². The average molecular weight is 238 g/mol. The van der Waals surface area contributed by atoms with Gasteiger partial charge in [-0.15, -0.1) is 0 Å². The molecule has 1 N–H and O–H groups in total. The van der Waals surface area contributed by atoms with Gasteiger partial charge < -0.3 is 5.32 Å². The van der Waals surface area contributed by atoms with Gasteiger partial charge in [-0.2, -0.15) is 5.26 Å². The van der Waals surface area contributed by atoms with Gasteiger partial charge in [0.2, 0.25) is 0 Å². The predicted molar refractivity (Wildman–Crippen MR) is 71.9 cm³/mol. The van der Waals surface area contributed by atoms with Crippen LogP contribution in [0.3, 0.4) is 0 Å². The van der Waals surface area contributed by atoms with Gasteiger partial charge in [0, 0.05) is 24.2 Å². The molecule has 0 aromatic heterocycles. The number of nitrogens with one attached hydrogen (secondary N) is 1. The van der Waals surface area contributed by atoms with Crippen molar-refractivity contribution in [2.24, 2.45) is 4.99 Å². The van der Waals surface area contributed by atoms with E-state index in [2.05, 4.69) is 22.5 Å². The summed E-state index contributed by atoms with van der Waals surface area (Å²) in [4.78, 5) is 4.40. The lowest BCUT2D eigenvalue weighted by Gasteiger charge is -2.24. The van der Waals surface area contributed by atoms with E-state index in [0.717, 1.165) is 24.3 Å². The minimum absolute atomic E-state index is 0.567. The molecule has 1 aliphatic carbocycles. The van der Waals surface area contributed by atoms with E-state index in [1.807, 2.05) is 18.7 Å². The van der Waals surface area contributed by atoms with Crippen molar-refractivity contribution in [3.05, 3.63) is 41.5 Å². The molecule has 0 unspecified atom stereocenters. The number of hydrogen-bond donors (Lipinski definition) is 1. The molecule has 1 saturated heterocycles. The highest BCUT2D eigenvalue weighted by Crippen LogP contribution is 2.31. The zero-order valence-electron chi connectivity index (χ0n) is 10.3. The quantitative estimate of drug-likeness (QED) is 0.803. The van der Waals surface area contributed by atoms with E-state index >= 15 is 0 Å². The summed E-state index contributed by atoms with van der Waals surface area (Å²) >= 11 is 0. The monoisotopic (exact) mass is 238 g/mol. The lowest BCUT2D eigenvalue weighted by Crippen LogP contribution is -2.34. The first kappa shape index (κ1) is 11.4. The highest BCUT2D eigenvalue weighted by Gasteiger charge is 2.25. The van der Waals surface area contributed by atoms with Crippen LogP contribution in [0.2, 0.25) is 0 Å². The molecule has 3 heteroatoms. The molecule has 1 atom stereocenters. The van der Waals surface area contributed by atoms with Crippen molar-refractivity contribution < 1.29 is 0 Å². The van der Waals surface area contributed by atoms with E-state index in [-0.39, 0.29) is 0 Å². The zero-order chi connectivity index (χ0) is 12.4. The molecule has 0 spiro atoms. The molecule has 1 radical (unpaired) electrons. The Hall–Kier alpha value is -1.66. The lowest BCUT2D eigenvalue weighted by atomic mass is 9.88. The normalized spacial score (nSPS) is 26.5. The summed E-state index contributed by atoms with van der Waals surface area (Å²) in [5.74, 6) is 0. The first-order valence-corrected chi connectivity index (χ1v) is 6.55. The third-order valence-electron chi connectivity index (χ3n) is 3.73. The van der Waals surface area contributed by atoms with Crippen molar-refractivity contribution in [2.45, 2.75) is 31.7 Å². The Morgan fingerprint density at radius 2 is 2.33 bits per heavy atom. The van der Waals surface area contributed by atoms with Crippen LogP contribution in [0.25, 0.3) is 0 Å². The zero-order valence-corrected chi connectivity index (χ0v) is 10.3. The van der Waals surface area contributed by atoms with E-state index in [0.29, 0.717) is 11.6 Å². The summed E-state index contributed by atoms with van der Waals surface area (Å²) in [5.41, 5.74) is 3.93. The van der Waals surface area contributed by atoms with E-state index in [1.165, 1.54) is 24.8 Å². The van der Waals surface area contributed by atoms with E-state index < -0.39 is 0 Å². The molecule has 0 saturated carbocycles. The van der Waals surface area contributed by atoms with Crippen LogP contribution in [0.4, 0.5) is 0 Å². The van der Waals surface area contributed by atoms with Gasteiger partial charge in [0.05, 0.1) is 11.3 Å². The third kappa shape index (κ3) is 2.04. The molecule has 3 rings (SSSR count). The van der Waals surface area contributed by atoms with E-state index in [9.17, 15) is 0 Å². The number of nitrogens with zero attached hydrogens (tertiary/aromatic N) is 2. The SMILES string of the molecule is N#CC1=C[CH]C=C2C(C[C@@H]3CCCCN3)=CN=C12. The maximum atomic E-state index is 9.06. The van der Waals surface area contributed by atoms with Gasteiger partial charge in [-0.05, 0) is 31.4 Å². The van der Waals surface area contributed by atoms with Gasteiger partial charge in [-0.25, -0.2) is 0 Å². The summed E-state index contributed by atoms with van der Waals surface area (Å²) in [5, 5.41) is 12.6. The fraction of sp³-hybridized carbons (Fsp3) is 0.400. The Balaban J connectivity index is 1.71. The molecule has 0 amide bonds. The number of aliphatic imine (C=N–C) groups is 1. The average Bonchev–Trinajstić information content (AvgIpc) is 2.83. The molecular formula is C15H16N3. The molecule has 18 heavy (non-hydrogen) atoms. The molecule has 0 bridgehead atoms. The summed E-state index contributed by atoms with van der Waals surface area (Å²) in [6, 6.07) is 2.78. The molecule has 91 valence electrons. The Kier molecular flexibility index (Phi) is 3.12. The Morgan fingerprint density at radius 3 is 3.11 bits per heavy atom. The number of piperidine rings is 1. The van der Waals surface area contributed by atoms with Gasteiger partial charge in [-0.3, -0.25) is 4.99 Å². The Labute approximate surface area is 108 Å². The highest BCUT2D eigenvalue weighted by molar-refractivity contribution is 6.20. The third-order valence-corrected chi connectivity index (χ3v) is 3.73. The largest absolute Gasteiger partial charge is 0.314 e. The molecule has 3 aliphatic rings. The molecule has 3 nitrogen and oxygen atoms in total. The second kappa shape index (κ2) is 4.91. The fourth-order valence-corrected chi connectivity index (χ4v) is 2.77. The first-order chi connectivity index (χ1) is 8.88. The van der Waals surface area contributed by atoms with Crippen LogP contribution in [-0.2, 0) is 0 Å². The lowest BCUT2D eigenvalue weighted by molar-refractivity contribution is 0.400. The smallest absolute Gasteiger partial charge is 0.101 e. The molecule has 0 aromatic rings. The number of fused-ring (bicyclic) bond motifs is 1. The molecule has 2 heterocycles. The van der Waals surface area contributed by atoms with Crippen LogP contribution in [0.15, 0.2) is 40.1 Å². The topological polar surface area (TPSA) is 48.2 Å². The standard InChI is InChI=1S/C15H16N3/c16-9-11-4-3-6-14-12(10-18-15(11)14)8-13-5-1-2-7-17-13/h3-4,6,10,13,17H,1-2,5,7-8H2/t13-/m0/s1. The summed E-state index contributed by atoms with van der Waals surface area (Å²) in [6.45, 7) is 1.13. The van der Waals surface area contributed by atoms with Gasteiger partial charge >= 0.3 is 0 Å². The fourth-order valence-electron chi connectivity index (χ4n) is 2.77. The molecule has 0 aromatic carbocycles. The van der Waals surface area contributed by atoms with E-state index in [1.54, 1.807) is 0 Å². The summed E-state index contributed by atoms with van der Waals surface area (Å²) < 4.78 is 0. The predicted octanol–water partition coefficient (Wildman–Crippen LogP) is 2.45. The number of rotatable bonds is 2. The minimum Gasteiger partial charge on any atom is -0.314 e. The van der Waals surface area contributed by atoms with Crippen LogP contribution < -0.4 is 5.32 Å². The number of nitriles is 1. The van der Waals surface area contributed by atoms with Crippen molar-refractivity contribution >= 4 is 5.71 Å². The van der Waals surface area contributed by atoms with Crippen molar-refractivity contribution in [1.82, 2.24) is 5.32 Å². The summed E-state index contributed by atoms with van der Waals surface area (Å²) in [7, 11) is 0. The van der Waals surface area contributed by atoms with Crippen LogP contribution in [0.5, 0.6) is 0 Å². The Bertz CT molecular complexity index is 508. The number of allylic oxidation sites excluding steroid dienone is 4.